The highest BCUT2D eigenvalue weighted by molar-refractivity contribution is 6.34. The lowest BCUT2D eigenvalue weighted by atomic mass is 9.92. The van der Waals surface area contributed by atoms with Gasteiger partial charge in [-0.25, -0.2) is 4.98 Å². The Bertz CT molecular complexity index is 1010. The summed E-state index contributed by atoms with van der Waals surface area (Å²) in [6, 6.07) is 8.11. The number of aromatic nitrogens is 2. The van der Waals surface area contributed by atoms with Gasteiger partial charge in [0.1, 0.15) is 25.0 Å². The number of nitrogens with zero attached hydrogens (tertiary/aromatic N) is 3. The summed E-state index contributed by atoms with van der Waals surface area (Å²) in [4.78, 5) is 7.30. The van der Waals surface area contributed by atoms with Crippen LogP contribution in [0.2, 0.25) is 0 Å². The van der Waals surface area contributed by atoms with Crippen LogP contribution in [0.1, 0.15) is 25.7 Å². The third kappa shape index (κ3) is 3.32. The molecule has 3 heterocycles. The fourth-order valence-electron chi connectivity index (χ4n) is 3.84. The van der Waals surface area contributed by atoms with Crippen LogP contribution in [0.5, 0.6) is 11.5 Å². The van der Waals surface area contributed by atoms with Crippen LogP contribution < -0.4 is 19.8 Å². The summed E-state index contributed by atoms with van der Waals surface area (Å²) in [6.07, 6.45) is 9.13. The molecule has 1 saturated heterocycles. The van der Waals surface area contributed by atoms with E-state index in [-0.39, 0.29) is 0 Å². The number of methoxy groups -OCH3 is 1. The number of hydrogen-bond acceptors (Lipinski definition) is 4. The fraction of sp³-hybridized carbons (Fsp3) is 0.409. The van der Waals surface area contributed by atoms with E-state index >= 15 is 0 Å². The zero-order valence-electron chi connectivity index (χ0n) is 16.2. The van der Waals surface area contributed by atoms with Crippen molar-refractivity contribution >= 4 is 24.6 Å². The molecular weight excluding hydrogens is 349 g/mol. The van der Waals surface area contributed by atoms with E-state index in [1.54, 1.807) is 7.11 Å². The van der Waals surface area contributed by atoms with Gasteiger partial charge in [0.25, 0.3) is 0 Å². The first-order chi connectivity index (χ1) is 13.7. The van der Waals surface area contributed by atoms with Crippen molar-refractivity contribution in [2.24, 2.45) is 5.92 Å². The van der Waals surface area contributed by atoms with E-state index < -0.39 is 0 Å². The van der Waals surface area contributed by atoms with Crippen molar-refractivity contribution in [1.29, 1.82) is 0 Å². The number of imidazole rings is 1. The molecule has 1 aliphatic carbocycles. The highest BCUT2D eigenvalue weighted by Crippen LogP contribution is 2.35. The molecule has 0 bridgehead atoms. The molecule has 5 rings (SSSR count). The number of anilines is 1. The Morgan fingerprint density at radius 2 is 1.96 bits per heavy atom. The van der Waals surface area contributed by atoms with Crippen LogP contribution in [0.4, 0.5) is 5.69 Å². The summed E-state index contributed by atoms with van der Waals surface area (Å²) < 4.78 is 13.6. The van der Waals surface area contributed by atoms with Gasteiger partial charge in [-0.15, -0.1) is 0 Å². The van der Waals surface area contributed by atoms with Crippen LogP contribution in [0, 0.1) is 5.92 Å². The van der Waals surface area contributed by atoms with Gasteiger partial charge >= 0.3 is 0 Å². The first kappa shape index (κ1) is 17.5. The Labute approximate surface area is 166 Å². The molecule has 2 fully saturated rings. The van der Waals surface area contributed by atoms with Crippen molar-refractivity contribution in [1.82, 2.24) is 9.38 Å². The van der Waals surface area contributed by atoms with Gasteiger partial charge in [-0.1, -0.05) is 11.5 Å². The molecule has 2 radical (unpaired) electrons. The number of hydrogen-bond donors (Lipinski definition) is 0. The zero-order valence-corrected chi connectivity index (χ0v) is 16.2. The molecule has 5 nitrogen and oxygen atoms in total. The lowest BCUT2D eigenvalue weighted by Gasteiger charge is -2.17. The quantitative estimate of drug-likeness (QED) is 0.622. The third-order valence-corrected chi connectivity index (χ3v) is 5.69. The van der Waals surface area contributed by atoms with E-state index in [2.05, 4.69) is 27.6 Å². The largest absolute Gasteiger partial charge is 0.497 e. The predicted molar refractivity (Wildman–Crippen MR) is 112 cm³/mol. The van der Waals surface area contributed by atoms with Gasteiger partial charge < -0.3 is 18.8 Å². The van der Waals surface area contributed by atoms with Gasteiger partial charge in [-0.3, -0.25) is 0 Å². The van der Waals surface area contributed by atoms with Crippen molar-refractivity contribution < 1.29 is 9.47 Å². The minimum absolute atomic E-state index is 0.589. The summed E-state index contributed by atoms with van der Waals surface area (Å²) in [7, 11) is 7.81. The second kappa shape index (κ2) is 7.08. The van der Waals surface area contributed by atoms with Gasteiger partial charge in [0.05, 0.1) is 19.4 Å². The number of fused-ring (bicyclic) bond motifs is 1. The molecular formula is C22H24BN3O2. The average molecular weight is 373 g/mol. The summed E-state index contributed by atoms with van der Waals surface area (Å²) in [5, 5.41) is 0. The Morgan fingerprint density at radius 1 is 1.14 bits per heavy atom. The molecule has 0 amide bonds. The van der Waals surface area contributed by atoms with Crippen LogP contribution in [-0.2, 0) is 0 Å². The highest BCUT2D eigenvalue weighted by Gasteiger charge is 2.23. The van der Waals surface area contributed by atoms with Crippen LogP contribution in [0.3, 0.4) is 0 Å². The number of pyridine rings is 1. The Kier molecular flexibility index (Phi) is 4.42. The van der Waals surface area contributed by atoms with E-state index in [9.17, 15) is 0 Å². The van der Waals surface area contributed by atoms with Gasteiger partial charge in [-0.2, -0.15) is 0 Å². The highest BCUT2D eigenvalue weighted by atomic mass is 16.5. The zero-order chi connectivity index (χ0) is 19.1. The van der Waals surface area contributed by atoms with Gasteiger partial charge in [0, 0.05) is 48.9 Å². The van der Waals surface area contributed by atoms with E-state index in [1.165, 1.54) is 31.4 Å². The van der Waals surface area contributed by atoms with E-state index in [4.69, 9.17) is 22.3 Å². The second-order valence-corrected chi connectivity index (χ2v) is 7.82. The first-order valence-electron chi connectivity index (χ1n) is 10.1. The standard InChI is InChI=1S/C22H24BN3O2/c1-27-21-12-20(28-14-15-4-5-15)17(11-18(21)23)19-13-26-9-6-16(10-22(26)24-19)25-7-2-3-8-25/h6,9-13,15H,2-5,7-8,14H2,1H3. The van der Waals surface area contributed by atoms with Crippen LogP contribution in [-0.4, -0.2) is 44.0 Å². The molecule has 0 atom stereocenters. The lowest BCUT2D eigenvalue weighted by Crippen LogP contribution is -2.17. The predicted octanol–water partition coefficient (Wildman–Crippen LogP) is 3.19. The molecule has 6 heteroatoms. The van der Waals surface area contributed by atoms with E-state index in [0.29, 0.717) is 17.1 Å². The van der Waals surface area contributed by atoms with Crippen molar-refractivity contribution in [3.8, 4) is 22.8 Å². The SMILES string of the molecule is [B]c1cc(-c2cn3ccc(N4CCCC4)cc3n2)c(OCC2CC2)cc1OC. The van der Waals surface area contributed by atoms with Crippen molar-refractivity contribution in [3.63, 3.8) is 0 Å². The lowest BCUT2D eigenvalue weighted by molar-refractivity contribution is 0.299. The molecule has 1 aliphatic heterocycles. The molecule has 3 aromatic rings. The maximum atomic E-state index is 6.19. The van der Waals surface area contributed by atoms with E-state index in [1.807, 2.05) is 18.3 Å². The molecule has 0 N–H and O–H groups in total. The molecule has 1 aromatic carbocycles. The maximum absolute atomic E-state index is 6.19. The van der Waals surface area contributed by atoms with Crippen molar-refractivity contribution in [3.05, 3.63) is 36.7 Å². The molecule has 2 aromatic heterocycles. The van der Waals surface area contributed by atoms with Gasteiger partial charge in [-0.05, 0) is 37.7 Å². The summed E-state index contributed by atoms with van der Waals surface area (Å²) in [5.74, 6) is 2.08. The average Bonchev–Trinajstić information content (AvgIpc) is 3.19. The maximum Gasteiger partial charge on any atom is 0.139 e. The monoisotopic (exact) mass is 373 g/mol. The summed E-state index contributed by atoms with van der Waals surface area (Å²) in [5.41, 5.74) is 4.53. The van der Waals surface area contributed by atoms with Gasteiger partial charge in [0.2, 0.25) is 0 Å². The Morgan fingerprint density at radius 3 is 2.71 bits per heavy atom. The smallest absolute Gasteiger partial charge is 0.139 e. The Balaban J connectivity index is 1.53. The topological polar surface area (TPSA) is 39.0 Å². The van der Waals surface area contributed by atoms with E-state index in [0.717, 1.165) is 42.4 Å². The van der Waals surface area contributed by atoms with Crippen molar-refractivity contribution in [2.75, 3.05) is 31.7 Å². The minimum Gasteiger partial charge on any atom is -0.497 e. The Hall–Kier alpha value is -2.63. The minimum atomic E-state index is 0.589. The number of rotatable bonds is 6. The van der Waals surface area contributed by atoms with Crippen molar-refractivity contribution in [2.45, 2.75) is 25.7 Å². The molecule has 142 valence electrons. The molecule has 28 heavy (non-hydrogen) atoms. The third-order valence-electron chi connectivity index (χ3n) is 5.69. The number of ether oxygens (including phenoxy) is 2. The van der Waals surface area contributed by atoms with Gasteiger partial charge in [0.15, 0.2) is 0 Å². The second-order valence-electron chi connectivity index (χ2n) is 7.82. The molecule has 0 unspecified atom stereocenters. The summed E-state index contributed by atoms with van der Waals surface area (Å²) in [6.45, 7) is 2.97. The van der Waals surface area contributed by atoms with Crippen LogP contribution in [0.15, 0.2) is 36.7 Å². The number of benzene rings is 1. The molecule has 2 aliphatic rings. The fourth-order valence-corrected chi connectivity index (χ4v) is 3.84. The normalized spacial score (nSPS) is 16.7. The molecule has 0 spiro atoms. The van der Waals surface area contributed by atoms with Crippen LogP contribution in [0.25, 0.3) is 16.9 Å². The summed E-state index contributed by atoms with van der Waals surface area (Å²) >= 11 is 0. The molecule has 1 saturated carbocycles. The first-order valence-corrected chi connectivity index (χ1v) is 10.1. The van der Waals surface area contributed by atoms with Crippen LogP contribution >= 0.6 is 0 Å².